The highest BCUT2D eigenvalue weighted by Gasteiger charge is 2.28. The molecule has 5 heteroatoms. The Labute approximate surface area is 89.3 Å². The molecule has 0 aliphatic heterocycles. The van der Waals surface area contributed by atoms with Crippen LogP contribution >= 0.6 is 0 Å². The van der Waals surface area contributed by atoms with Gasteiger partial charge in [-0.3, -0.25) is 0 Å². The molecule has 1 aliphatic carbocycles. The number of rotatable bonds is 3. The van der Waals surface area contributed by atoms with E-state index in [4.69, 9.17) is 10.5 Å². The standard InChI is InChI=1S/C10H16N4O/c1-14(2)10-12-4-3-9(13-10)15-8-5-7(11)6-8/h3-4,7-8H,5-6,11H2,1-2H3. The fourth-order valence-electron chi connectivity index (χ4n) is 1.49. The molecule has 0 saturated heterocycles. The van der Waals surface area contributed by atoms with E-state index < -0.39 is 0 Å². The largest absolute Gasteiger partial charge is 0.474 e. The summed E-state index contributed by atoms with van der Waals surface area (Å²) in [6.45, 7) is 0. The zero-order valence-corrected chi connectivity index (χ0v) is 9.05. The van der Waals surface area contributed by atoms with Gasteiger partial charge in [0.1, 0.15) is 6.10 Å². The third kappa shape index (κ3) is 2.36. The maximum Gasteiger partial charge on any atom is 0.228 e. The van der Waals surface area contributed by atoms with Crippen molar-refractivity contribution in [2.45, 2.75) is 25.0 Å². The molecule has 0 radical (unpaired) electrons. The average Bonchev–Trinajstić information content (AvgIpc) is 2.16. The monoisotopic (exact) mass is 208 g/mol. The SMILES string of the molecule is CN(C)c1nccc(OC2CC(N)C2)n1. The molecule has 5 nitrogen and oxygen atoms in total. The van der Waals surface area contributed by atoms with Crippen molar-refractivity contribution in [2.24, 2.45) is 5.73 Å². The minimum atomic E-state index is 0.227. The van der Waals surface area contributed by atoms with E-state index in [0.717, 1.165) is 12.8 Å². The summed E-state index contributed by atoms with van der Waals surface area (Å²) in [5.41, 5.74) is 5.68. The molecule has 0 spiro atoms. The highest BCUT2D eigenvalue weighted by Crippen LogP contribution is 2.23. The number of hydrogen-bond donors (Lipinski definition) is 1. The van der Waals surface area contributed by atoms with Crippen molar-refractivity contribution >= 4 is 5.95 Å². The Balaban J connectivity index is 1.99. The van der Waals surface area contributed by atoms with Gasteiger partial charge in [-0.25, -0.2) is 4.98 Å². The van der Waals surface area contributed by atoms with Crippen LogP contribution in [-0.4, -0.2) is 36.2 Å². The van der Waals surface area contributed by atoms with E-state index in [1.54, 1.807) is 12.3 Å². The maximum atomic E-state index is 5.68. The first-order valence-corrected chi connectivity index (χ1v) is 5.08. The van der Waals surface area contributed by atoms with Gasteiger partial charge in [0.05, 0.1) is 0 Å². The lowest BCUT2D eigenvalue weighted by Gasteiger charge is -2.32. The van der Waals surface area contributed by atoms with Gasteiger partial charge in [-0.15, -0.1) is 0 Å². The summed E-state index contributed by atoms with van der Waals surface area (Å²) in [4.78, 5) is 10.2. The van der Waals surface area contributed by atoms with Gasteiger partial charge in [-0.05, 0) is 12.8 Å². The Kier molecular flexibility index (Phi) is 2.73. The summed E-state index contributed by atoms with van der Waals surface area (Å²) in [6, 6.07) is 2.07. The summed E-state index contributed by atoms with van der Waals surface area (Å²) >= 11 is 0. The van der Waals surface area contributed by atoms with Crippen LogP contribution in [0.1, 0.15) is 12.8 Å². The topological polar surface area (TPSA) is 64.3 Å². The third-order valence-corrected chi connectivity index (χ3v) is 2.44. The molecule has 2 rings (SSSR count). The lowest BCUT2D eigenvalue weighted by Crippen LogP contribution is -2.43. The number of ether oxygens (including phenoxy) is 1. The minimum Gasteiger partial charge on any atom is -0.474 e. The van der Waals surface area contributed by atoms with Crippen LogP contribution in [0.2, 0.25) is 0 Å². The first-order valence-electron chi connectivity index (χ1n) is 5.08. The summed E-state index contributed by atoms with van der Waals surface area (Å²) in [5.74, 6) is 1.29. The van der Waals surface area contributed by atoms with Crippen molar-refractivity contribution in [3.63, 3.8) is 0 Å². The van der Waals surface area contributed by atoms with Crippen molar-refractivity contribution in [3.8, 4) is 5.88 Å². The Morgan fingerprint density at radius 1 is 1.47 bits per heavy atom. The number of anilines is 1. The molecular weight excluding hydrogens is 192 g/mol. The van der Waals surface area contributed by atoms with E-state index in [1.807, 2.05) is 19.0 Å². The Morgan fingerprint density at radius 2 is 2.20 bits per heavy atom. The molecule has 0 aromatic carbocycles. The molecule has 0 bridgehead atoms. The summed E-state index contributed by atoms with van der Waals surface area (Å²) in [7, 11) is 3.80. The van der Waals surface area contributed by atoms with E-state index in [2.05, 4.69) is 9.97 Å². The van der Waals surface area contributed by atoms with Crippen molar-refractivity contribution < 1.29 is 4.74 Å². The van der Waals surface area contributed by atoms with Crippen LogP contribution in [-0.2, 0) is 0 Å². The van der Waals surface area contributed by atoms with Crippen molar-refractivity contribution in [1.82, 2.24) is 9.97 Å². The van der Waals surface area contributed by atoms with Crippen LogP contribution in [0.3, 0.4) is 0 Å². The van der Waals surface area contributed by atoms with E-state index in [1.165, 1.54) is 0 Å². The minimum absolute atomic E-state index is 0.227. The fraction of sp³-hybridized carbons (Fsp3) is 0.600. The summed E-state index contributed by atoms with van der Waals surface area (Å²) < 4.78 is 5.65. The lowest BCUT2D eigenvalue weighted by molar-refractivity contribution is 0.0958. The molecule has 1 saturated carbocycles. The van der Waals surface area contributed by atoms with Gasteiger partial charge < -0.3 is 15.4 Å². The third-order valence-electron chi connectivity index (χ3n) is 2.44. The Morgan fingerprint density at radius 3 is 2.80 bits per heavy atom. The Hall–Kier alpha value is -1.36. The first kappa shape index (κ1) is 10.2. The lowest BCUT2D eigenvalue weighted by atomic mass is 9.90. The zero-order chi connectivity index (χ0) is 10.8. The zero-order valence-electron chi connectivity index (χ0n) is 9.05. The molecular formula is C10H16N4O. The second-order valence-electron chi connectivity index (χ2n) is 4.06. The molecule has 2 N–H and O–H groups in total. The average molecular weight is 208 g/mol. The van der Waals surface area contributed by atoms with Crippen molar-refractivity contribution in [3.05, 3.63) is 12.3 Å². The van der Waals surface area contributed by atoms with E-state index in [-0.39, 0.29) is 6.10 Å². The highest BCUT2D eigenvalue weighted by molar-refractivity contribution is 5.29. The highest BCUT2D eigenvalue weighted by atomic mass is 16.5. The molecule has 0 amide bonds. The van der Waals surface area contributed by atoms with Gasteiger partial charge in [0.25, 0.3) is 0 Å². The molecule has 82 valence electrons. The van der Waals surface area contributed by atoms with Crippen LogP contribution in [0, 0.1) is 0 Å². The number of nitrogens with two attached hydrogens (primary N) is 1. The molecule has 1 aliphatic rings. The molecule has 0 unspecified atom stereocenters. The Bertz CT molecular complexity index is 336. The molecule has 1 heterocycles. The van der Waals surface area contributed by atoms with Gasteiger partial charge in [0.15, 0.2) is 0 Å². The molecule has 1 aromatic heterocycles. The normalized spacial score (nSPS) is 24.5. The van der Waals surface area contributed by atoms with Crippen LogP contribution in [0.4, 0.5) is 5.95 Å². The smallest absolute Gasteiger partial charge is 0.228 e. The van der Waals surface area contributed by atoms with Gasteiger partial charge in [-0.2, -0.15) is 4.98 Å². The fourth-order valence-corrected chi connectivity index (χ4v) is 1.49. The second kappa shape index (κ2) is 4.02. The summed E-state index contributed by atoms with van der Waals surface area (Å²) in [5, 5.41) is 0. The molecule has 0 atom stereocenters. The van der Waals surface area contributed by atoms with E-state index in [9.17, 15) is 0 Å². The molecule has 1 aromatic rings. The van der Waals surface area contributed by atoms with Crippen LogP contribution in [0.5, 0.6) is 5.88 Å². The van der Waals surface area contributed by atoms with Gasteiger partial charge in [-0.1, -0.05) is 0 Å². The van der Waals surface area contributed by atoms with Gasteiger partial charge >= 0.3 is 0 Å². The quantitative estimate of drug-likeness (QED) is 0.779. The van der Waals surface area contributed by atoms with Crippen LogP contribution in [0.15, 0.2) is 12.3 Å². The van der Waals surface area contributed by atoms with Gasteiger partial charge in [0.2, 0.25) is 11.8 Å². The van der Waals surface area contributed by atoms with Crippen LogP contribution < -0.4 is 15.4 Å². The maximum absolute atomic E-state index is 5.68. The number of hydrogen-bond acceptors (Lipinski definition) is 5. The predicted octanol–water partition coefficient (Wildman–Crippen LogP) is 0.411. The van der Waals surface area contributed by atoms with Crippen molar-refractivity contribution in [1.29, 1.82) is 0 Å². The van der Waals surface area contributed by atoms with Crippen LogP contribution in [0.25, 0.3) is 0 Å². The van der Waals surface area contributed by atoms with E-state index >= 15 is 0 Å². The predicted molar refractivity (Wildman–Crippen MR) is 58.0 cm³/mol. The van der Waals surface area contributed by atoms with Crippen molar-refractivity contribution in [2.75, 3.05) is 19.0 Å². The summed E-state index contributed by atoms with van der Waals surface area (Å²) in [6.07, 6.45) is 3.77. The molecule has 15 heavy (non-hydrogen) atoms. The second-order valence-corrected chi connectivity index (χ2v) is 4.06. The van der Waals surface area contributed by atoms with E-state index in [0.29, 0.717) is 17.9 Å². The molecule has 1 fully saturated rings. The van der Waals surface area contributed by atoms with Gasteiger partial charge in [0, 0.05) is 32.4 Å². The first-order chi connectivity index (χ1) is 7.15. The number of nitrogens with zero attached hydrogens (tertiary/aromatic N) is 3. The number of aromatic nitrogens is 2.